The van der Waals surface area contributed by atoms with Gasteiger partial charge in [-0.1, -0.05) is 13.8 Å². The van der Waals surface area contributed by atoms with E-state index in [1.807, 2.05) is 6.92 Å². The third-order valence-corrected chi connectivity index (χ3v) is 4.09. The summed E-state index contributed by atoms with van der Waals surface area (Å²) in [4.78, 5) is 16.4. The second-order valence-corrected chi connectivity index (χ2v) is 7.84. The molecule has 0 aliphatic carbocycles. The van der Waals surface area contributed by atoms with Crippen molar-refractivity contribution in [1.82, 2.24) is 15.1 Å². The first-order valence-corrected chi connectivity index (χ1v) is 8.61. The smallest absolute Gasteiger partial charge is 0.317 e. The predicted molar refractivity (Wildman–Crippen MR) is 90.9 cm³/mol. The Morgan fingerprint density at radius 1 is 1.36 bits per heavy atom. The van der Waals surface area contributed by atoms with Gasteiger partial charge in [-0.2, -0.15) is 0 Å². The van der Waals surface area contributed by atoms with Crippen LogP contribution in [0.15, 0.2) is 0 Å². The van der Waals surface area contributed by atoms with Gasteiger partial charge in [0.1, 0.15) is 0 Å². The van der Waals surface area contributed by atoms with Crippen molar-refractivity contribution in [1.29, 1.82) is 0 Å². The van der Waals surface area contributed by atoms with Crippen molar-refractivity contribution < 1.29 is 9.90 Å². The number of likely N-dealkylation sites (tertiary alicyclic amines) is 1. The topological polar surface area (TPSA) is 55.8 Å². The summed E-state index contributed by atoms with van der Waals surface area (Å²) in [6.45, 7) is 16.1. The number of rotatable bonds is 6. The number of aliphatic hydroxyl groups is 1. The molecule has 1 fully saturated rings. The largest absolute Gasteiger partial charge is 0.389 e. The monoisotopic (exact) mass is 313 g/mol. The molecule has 0 spiro atoms. The summed E-state index contributed by atoms with van der Waals surface area (Å²) in [5.41, 5.74) is -0.867. The van der Waals surface area contributed by atoms with E-state index in [0.717, 1.165) is 31.5 Å². The van der Waals surface area contributed by atoms with E-state index in [2.05, 4.69) is 31.0 Å². The Morgan fingerprint density at radius 3 is 2.36 bits per heavy atom. The van der Waals surface area contributed by atoms with E-state index in [1.54, 1.807) is 18.7 Å². The Kier molecular flexibility index (Phi) is 7.13. The minimum atomic E-state index is -0.867. The fourth-order valence-electron chi connectivity index (χ4n) is 3.47. The lowest BCUT2D eigenvalue weighted by Gasteiger charge is -2.37. The van der Waals surface area contributed by atoms with E-state index in [4.69, 9.17) is 0 Å². The van der Waals surface area contributed by atoms with Gasteiger partial charge in [-0.25, -0.2) is 4.79 Å². The van der Waals surface area contributed by atoms with Gasteiger partial charge in [-0.05, 0) is 46.0 Å². The van der Waals surface area contributed by atoms with Gasteiger partial charge in [0, 0.05) is 32.2 Å². The van der Waals surface area contributed by atoms with E-state index in [1.165, 1.54) is 6.42 Å². The number of piperidine rings is 1. The van der Waals surface area contributed by atoms with Crippen LogP contribution in [0.1, 0.15) is 48.0 Å². The number of carbonyl (C=O) groups excluding carboxylic acids is 1. The quantitative estimate of drug-likeness (QED) is 0.790. The molecule has 1 heterocycles. The van der Waals surface area contributed by atoms with Gasteiger partial charge in [0.25, 0.3) is 0 Å². The van der Waals surface area contributed by atoms with Crippen LogP contribution in [0, 0.1) is 11.8 Å². The first-order chi connectivity index (χ1) is 10.1. The second-order valence-electron chi connectivity index (χ2n) is 7.84. The molecule has 0 bridgehead atoms. The van der Waals surface area contributed by atoms with Crippen LogP contribution in [-0.4, -0.2) is 65.3 Å². The summed E-state index contributed by atoms with van der Waals surface area (Å²) >= 11 is 0. The Balaban J connectivity index is 2.45. The number of nitrogens with zero attached hydrogens (tertiary/aromatic N) is 2. The van der Waals surface area contributed by atoms with Crippen LogP contribution >= 0.6 is 0 Å². The fourth-order valence-corrected chi connectivity index (χ4v) is 3.47. The van der Waals surface area contributed by atoms with Gasteiger partial charge in [-0.15, -0.1) is 0 Å². The van der Waals surface area contributed by atoms with Crippen LogP contribution in [0.4, 0.5) is 4.79 Å². The zero-order valence-corrected chi connectivity index (χ0v) is 15.2. The molecule has 1 rings (SSSR count). The van der Waals surface area contributed by atoms with Gasteiger partial charge in [0.05, 0.1) is 12.1 Å². The van der Waals surface area contributed by atoms with Crippen molar-refractivity contribution in [3.63, 3.8) is 0 Å². The zero-order valence-electron chi connectivity index (χ0n) is 15.2. The maximum Gasteiger partial charge on any atom is 0.317 e. The lowest BCUT2D eigenvalue weighted by molar-refractivity contribution is 0.0471. The highest BCUT2D eigenvalue weighted by Crippen LogP contribution is 2.20. The lowest BCUT2D eigenvalue weighted by Crippen LogP contribution is -2.52. The number of urea groups is 1. The van der Waals surface area contributed by atoms with Crippen molar-refractivity contribution >= 4 is 6.03 Å². The van der Waals surface area contributed by atoms with Gasteiger partial charge >= 0.3 is 6.03 Å². The van der Waals surface area contributed by atoms with Crippen LogP contribution in [0.2, 0.25) is 0 Å². The van der Waals surface area contributed by atoms with Gasteiger partial charge < -0.3 is 20.2 Å². The highest BCUT2D eigenvalue weighted by atomic mass is 16.3. The number of amides is 2. The molecule has 0 aromatic rings. The Morgan fingerprint density at radius 2 is 1.91 bits per heavy atom. The van der Waals surface area contributed by atoms with E-state index >= 15 is 0 Å². The van der Waals surface area contributed by atoms with Crippen LogP contribution in [0.5, 0.6) is 0 Å². The van der Waals surface area contributed by atoms with Crippen LogP contribution in [-0.2, 0) is 0 Å². The molecule has 5 nitrogen and oxygen atoms in total. The average Bonchev–Trinajstić information content (AvgIpc) is 2.32. The minimum Gasteiger partial charge on any atom is -0.389 e. The summed E-state index contributed by atoms with van der Waals surface area (Å²) in [5, 5.41) is 13.0. The normalized spacial score (nSPS) is 24.9. The predicted octanol–water partition coefficient (Wildman–Crippen LogP) is 2.16. The summed E-state index contributed by atoms with van der Waals surface area (Å²) < 4.78 is 0. The van der Waals surface area contributed by atoms with Crippen molar-refractivity contribution in [2.24, 2.45) is 11.8 Å². The lowest BCUT2D eigenvalue weighted by atomic mass is 9.92. The molecule has 2 N–H and O–H groups in total. The molecule has 0 radical (unpaired) electrons. The number of carbonyl (C=O) groups is 1. The van der Waals surface area contributed by atoms with Gasteiger partial charge in [-0.3, -0.25) is 0 Å². The number of nitrogens with one attached hydrogen (secondary N) is 1. The standard InChI is InChI=1S/C17H35N3O2/c1-7-20(12-17(5,6)22)16(21)18-15(4)11-19-9-13(2)8-14(3)10-19/h13-15,22H,7-12H2,1-6H3,(H,18,21). The molecule has 1 aliphatic heterocycles. The minimum absolute atomic E-state index is 0.0877. The van der Waals surface area contributed by atoms with E-state index < -0.39 is 5.60 Å². The number of likely N-dealkylation sites (N-methyl/N-ethyl adjacent to an activating group) is 1. The highest BCUT2D eigenvalue weighted by Gasteiger charge is 2.25. The second kappa shape index (κ2) is 8.16. The maximum atomic E-state index is 12.3. The first kappa shape index (κ1) is 19.2. The molecule has 0 aromatic carbocycles. The highest BCUT2D eigenvalue weighted by molar-refractivity contribution is 5.74. The number of hydrogen-bond acceptors (Lipinski definition) is 3. The molecule has 5 heteroatoms. The molecule has 1 saturated heterocycles. The van der Waals surface area contributed by atoms with E-state index in [-0.39, 0.29) is 12.1 Å². The molecule has 130 valence electrons. The van der Waals surface area contributed by atoms with Crippen LogP contribution in [0.25, 0.3) is 0 Å². The van der Waals surface area contributed by atoms with Crippen molar-refractivity contribution in [2.75, 3.05) is 32.7 Å². The van der Waals surface area contributed by atoms with E-state index in [0.29, 0.717) is 13.1 Å². The third-order valence-electron chi connectivity index (χ3n) is 4.09. The molecular formula is C17H35N3O2. The zero-order chi connectivity index (χ0) is 16.9. The van der Waals surface area contributed by atoms with Gasteiger partial charge in [0.2, 0.25) is 0 Å². The van der Waals surface area contributed by atoms with Crippen molar-refractivity contribution in [3.05, 3.63) is 0 Å². The van der Waals surface area contributed by atoms with E-state index in [9.17, 15) is 9.90 Å². The summed E-state index contributed by atoms with van der Waals surface area (Å²) in [6, 6.07) is 0.0242. The number of hydrogen-bond donors (Lipinski definition) is 2. The average molecular weight is 313 g/mol. The molecule has 3 atom stereocenters. The Bertz CT molecular complexity index is 344. The molecule has 3 unspecified atom stereocenters. The molecule has 0 saturated carbocycles. The first-order valence-electron chi connectivity index (χ1n) is 8.61. The summed E-state index contributed by atoms with van der Waals surface area (Å²) in [7, 11) is 0. The van der Waals surface area contributed by atoms with Crippen LogP contribution in [0.3, 0.4) is 0 Å². The summed E-state index contributed by atoms with van der Waals surface area (Å²) in [6.07, 6.45) is 1.30. The molecule has 1 aliphatic rings. The van der Waals surface area contributed by atoms with Crippen molar-refractivity contribution in [3.8, 4) is 0 Å². The van der Waals surface area contributed by atoms with Crippen LogP contribution < -0.4 is 5.32 Å². The third kappa shape index (κ3) is 6.97. The summed E-state index contributed by atoms with van der Waals surface area (Å²) in [5.74, 6) is 1.46. The molecule has 22 heavy (non-hydrogen) atoms. The van der Waals surface area contributed by atoms with Gasteiger partial charge in [0.15, 0.2) is 0 Å². The fraction of sp³-hybridized carbons (Fsp3) is 0.941. The Hall–Kier alpha value is -0.810. The SMILES string of the molecule is CCN(CC(C)(C)O)C(=O)NC(C)CN1CC(C)CC(C)C1. The molecule has 0 aromatic heterocycles. The molecular weight excluding hydrogens is 278 g/mol. The maximum absolute atomic E-state index is 12.3. The molecule has 2 amide bonds. The van der Waals surface area contributed by atoms with Crippen molar-refractivity contribution in [2.45, 2.75) is 59.6 Å². The Labute approximate surface area is 136 Å².